The number of aromatic nitrogens is 2. The first-order valence-electron chi connectivity index (χ1n) is 3.63. The average molecular weight is 264 g/mol. The van der Waals surface area contributed by atoms with Crippen LogP contribution in [0.25, 0.3) is 0 Å². The average Bonchev–Trinajstić information content (AvgIpc) is 2.11. The van der Waals surface area contributed by atoms with Crippen molar-refractivity contribution in [2.24, 2.45) is 0 Å². The number of halogens is 1. The molecule has 0 amide bonds. The smallest absolute Gasteiger partial charge is 0.126 e. The molecule has 0 aliphatic carbocycles. The molecule has 0 aromatic carbocycles. The molecule has 62 valence electrons. The van der Waals surface area contributed by atoms with Crippen molar-refractivity contribution in [3.63, 3.8) is 0 Å². The van der Waals surface area contributed by atoms with E-state index in [0.717, 1.165) is 3.70 Å². The number of hydrogen-bond acceptors (Lipinski definition) is 1. The number of rotatable bonds is 0. The summed E-state index contributed by atoms with van der Waals surface area (Å²) >= 11 is 2.25. The maximum Gasteiger partial charge on any atom is 0.126 e. The lowest BCUT2D eigenvalue weighted by Crippen LogP contribution is -2.22. The fourth-order valence-corrected chi connectivity index (χ4v) is 1.15. The molecule has 3 heteroatoms. The van der Waals surface area contributed by atoms with Gasteiger partial charge >= 0.3 is 0 Å². The van der Waals surface area contributed by atoms with Crippen molar-refractivity contribution in [2.45, 2.75) is 33.2 Å². The maximum absolute atomic E-state index is 4.38. The Hall–Kier alpha value is -0.0600. The van der Waals surface area contributed by atoms with E-state index in [1.54, 1.807) is 0 Å². The van der Waals surface area contributed by atoms with Crippen molar-refractivity contribution in [3.05, 3.63) is 15.5 Å². The third-order valence-electron chi connectivity index (χ3n) is 1.52. The molecule has 0 saturated carbocycles. The Kier molecular flexibility index (Phi) is 2.27. The predicted octanol–water partition coefficient (Wildman–Crippen LogP) is 2.55. The van der Waals surface area contributed by atoms with Crippen molar-refractivity contribution in [2.75, 3.05) is 0 Å². The summed E-state index contributed by atoms with van der Waals surface area (Å²) in [4.78, 5) is 0. The molecule has 0 aliphatic rings. The Balaban J connectivity index is 3.08. The summed E-state index contributed by atoms with van der Waals surface area (Å²) in [6, 6.07) is 0. The maximum atomic E-state index is 4.38. The van der Waals surface area contributed by atoms with Crippen LogP contribution in [0.15, 0.2) is 6.20 Å². The highest BCUT2D eigenvalue weighted by Gasteiger charge is 2.14. The van der Waals surface area contributed by atoms with Crippen LogP contribution in [0.3, 0.4) is 0 Å². The van der Waals surface area contributed by atoms with E-state index in [-0.39, 0.29) is 5.54 Å². The van der Waals surface area contributed by atoms with Crippen LogP contribution in [0, 0.1) is 10.6 Å². The van der Waals surface area contributed by atoms with Gasteiger partial charge in [0, 0.05) is 11.8 Å². The summed E-state index contributed by atoms with van der Waals surface area (Å²) in [6.07, 6.45) is 2.09. The molecule has 0 aliphatic heterocycles. The standard InChI is InChI=1S/C8H13IN2/c1-6-5-11(8(2,3)4)10-7(6)9/h5H,1-4H3. The first-order valence-corrected chi connectivity index (χ1v) is 4.71. The Morgan fingerprint density at radius 1 is 1.45 bits per heavy atom. The first kappa shape index (κ1) is 9.03. The highest BCUT2D eigenvalue weighted by molar-refractivity contribution is 14.1. The summed E-state index contributed by atoms with van der Waals surface area (Å²) in [6.45, 7) is 8.53. The second kappa shape index (κ2) is 2.77. The number of nitrogens with zero attached hydrogens (tertiary/aromatic N) is 2. The number of hydrogen-bond donors (Lipinski definition) is 0. The van der Waals surface area contributed by atoms with Crippen LogP contribution in [-0.4, -0.2) is 9.78 Å². The van der Waals surface area contributed by atoms with Crippen LogP contribution in [0.2, 0.25) is 0 Å². The Morgan fingerprint density at radius 2 is 2.00 bits per heavy atom. The lowest BCUT2D eigenvalue weighted by Gasteiger charge is -2.18. The normalized spacial score (nSPS) is 12.1. The SMILES string of the molecule is Cc1cn(C(C)(C)C)nc1I. The van der Waals surface area contributed by atoms with E-state index < -0.39 is 0 Å². The minimum Gasteiger partial charge on any atom is -0.266 e. The topological polar surface area (TPSA) is 17.8 Å². The molecular formula is C8H13IN2. The molecule has 1 aromatic rings. The van der Waals surface area contributed by atoms with Gasteiger partial charge in [-0.05, 0) is 50.3 Å². The van der Waals surface area contributed by atoms with E-state index in [0.29, 0.717) is 0 Å². The van der Waals surface area contributed by atoms with E-state index in [9.17, 15) is 0 Å². The van der Waals surface area contributed by atoms with Gasteiger partial charge in [-0.1, -0.05) is 0 Å². The van der Waals surface area contributed by atoms with Gasteiger partial charge in [0.15, 0.2) is 0 Å². The van der Waals surface area contributed by atoms with Gasteiger partial charge in [0.05, 0.1) is 5.54 Å². The molecule has 1 rings (SSSR count). The molecule has 2 nitrogen and oxygen atoms in total. The lowest BCUT2D eigenvalue weighted by molar-refractivity contribution is 0.354. The minimum atomic E-state index is 0.105. The van der Waals surface area contributed by atoms with E-state index in [2.05, 4.69) is 61.6 Å². The Morgan fingerprint density at radius 3 is 2.18 bits per heavy atom. The van der Waals surface area contributed by atoms with Crippen LogP contribution in [-0.2, 0) is 5.54 Å². The third kappa shape index (κ3) is 1.95. The molecular weight excluding hydrogens is 251 g/mol. The highest BCUT2D eigenvalue weighted by atomic mass is 127. The van der Waals surface area contributed by atoms with Crippen LogP contribution < -0.4 is 0 Å². The molecule has 0 saturated heterocycles. The van der Waals surface area contributed by atoms with Crippen molar-refractivity contribution >= 4 is 22.6 Å². The van der Waals surface area contributed by atoms with Gasteiger partial charge < -0.3 is 0 Å². The van der Waals surface area contributed by atoms with Crippen LogP contribution in [0.5, 0.6) is 0 Å². The van der Waals surface area contributed by atoms with Gasteiger partial charge in [0.1, 0.15) is 3.70 Å². The molecule has 11 heavy (non-hydrogen) atoms. The quantitative estimate of drug-likeness (QED) is 0.658. The van der Waals surface area contributed by atoms with E-state index in [1.165, 1.54) is 5.56 Å². The van der Waals surface area contributed by atoms with Crippen LogP contribution >= 0.6 is 22.6 Å². The monoisotopic (exact) mass is 264 g/mol. The van der Waals surface area contributed by atoms with Crippen LogP contribution in [0.1, 0.15) is 26.3 Å². The summed E-state index contributed by atoms with van der Waals surface area (Å²) < 4.78 is 3.10. The third-order valence-corrected chi connectivity index (χ3v) is 2.59. The molecule has 1 heterocycles. The highest BCUT2D eigenvalue weighted by Crippen LogP contribution is 2.16. The molecule has 0 spiro atoms. The largest absolute Gasteiger partial charge is 0.266 e. The van der Waals surface area contributed by atoms with Crippen LogP contribution in [0.4, 0.5) is 0 Å². The van der Waals surface area contributed by atoms with Gasteiger partial charge in [0.25, 0.3) is 0 Å². The zero-order chi connectivity index (χ0) is 8.65. The summed E-state index contributed by atoms with van der Waals surface area (Å²) in [5.74, 6) is 0. The Labute approximate surface area is 81.1 Å². The lowest BCUT2D eigenvalue weighted by atomic mass is 10.1. The molecule has 0 fully saturated rings. The fourth-order valence-electron chi connectivity index (χ4n) is 0.783. The van der Waals surface area contributed by atoms with Crippen molar-refractivity contribution in [3.8, 4) is 0 Å². The van der Waals surface area contributed by atoms with Gasteiger partial charge in [-0.15, -0.1) is 0 Å². The summed E-state index contributed by atoms with van der Waals surface area (Å²) in [5, 5.41) is 4.38. The number of aryl methyl sites for hydroxylation is 1. The van der Waals surface area contributed by atoms with E-state index in [4.69, 9.17) is 0 Å². The second-order valence-electron chi connectivity index (χ2n) is 3.72. The van der Waals surface area contributed by atoms with Gasteiger partial charge in [-0.25, -0.2) is 0 Å². The molecule has 0 radical (unpaired) electrons. The molecule has 0 N–H and O–H groups in total. The Bertz CT molecular complexity index is 238. The van der Waals surface area contributed by atoms with Gasteiger partial charge in [-0.3, -0.25) is 4.68 Å². The van der Waals surface area contributed by atoms with Crippen molar-refractivity contribution in [1.82, 2.24) is 9.78 Å². The van der Waals surface area contributed by atoms with E-state index >= 15 is 0 Å². The minimum absolute atomic E-state index is 0.105. The van der Waals surface area contributed by atoms with Crippen molar-refractivity contribution in [1.29, 1.82) is 0 Å². The van der Waals surface area contributed by atoms with E-state index in [1.807, 2.05) is 4.68 Å². The summed E-state index contributed by atoms with van der Waals surface area (Å²) in [5.41, 5.74) is 1.36. The van der Waals surface area contributed by atoms with Gasteiger partial charge in [-0.2, -0.15) is 5.10 Å². The first-order chi connectivity index (χ1) is 4.91. The molecule has 0 bridgehead atoms. The molecule has 1 aromatic heterocycles. The summed E-state index contributed by atoms with van der Waals surface area (Å²) in [7, 11) is 0. The predicted molar refractivity (Wildman–Crippen MR) is 54.7 cm³/mol. The fraction of sp³-hybridized carbons (Fsp3) is 0.625. The second-order valence-corrected chi connectivity index (χ2v) is 4.74. The van der Waals surface area contributed by atoms with Crippen molar-refractivity contribution < 1.29 is 0 Å². The molecule has 0 unspecified atom stereocenters. The van der Waals surface area contributed by atoms with Gasteiger partial charge in [0.2, 0.25) is 0 Å². The zero-order valence-corrected chi connectivity index (χ0v) is 9.51. The zero-order valence-electron chi connectivity index (χ0n) is 7.35. The molecule has 0 atom stereocenters.